The molecule has 1 aromatic carbocycles. The quantitative estimate of drug-likeness (QED) is 0.661. The highest BCUT2D eigenvalue weighted by Crippen LogP contribution is 2.40. The van der Waals surface area contributed by atoms with Crippen molar-refractivity contribution in [2.24, 2.45) is 0 Å². The lowest BCUT2D eigenvalue weighted by atomic mass is 9.69. The summed E-state index contributed by atoms with van der Waals surface area (Å²) < 4.78 is 0. The van der Waals surface area contributed by atoms with Gasteiger partial charge >= 0.3 is 0 Å². The number of hydrogen-bond acceptors (Lipinski definition) is 3. The number of nitrogens with zero attached hydrogens (tertiary/aromatic N) is 2. The molecule has 1 aromatic rings. The van der Waals surface area contributed by atoms with Crippen molar-refractivity contribution < 1.29 is 9.59 Å². The fourth-order valence-corrected chi connectivity index (χ4v) is 6.01. The molecule has 1 N–H and O–H groups in total. The van der Waals surface area contributed by atoms with E-state index in [1.165, 1.54) is 43.2 Å². The summed E-state index contributed by atoms with van der Waals surface area (Å²) in [7, 11) is 0. The van der Waals surface area contributed by atoms with Crippen molar-refractivity contribution in [2.75, 3.05) is 32.7 Å². The van der Waals surface area contributed by atoms with Crippen LogP contribution >= 0.6 is 0 Å². The van der Waals surface area contributed by atoms with Gasteiger partial charge in [-0.3, -0.25) is 9.59 Å². The van der Waals surface area contributed by atoms with Crippen molar-refractivity contribution in [3.63, 3.8) is 0 Å². The van der Waals surface area contributed by atoms with E-state index in [1.54, 1.807) is 0 Å². The second kappa shape index (κ2) is 10.8. The second-order valence-electron chi connectivity index (χ2n) is 10.4. The van der Waals surface area contributed by atoms with Crippen LogP contribution in [-0.4, -0.2) is 60.4 Å². The van der Waals surface area contributed by atoms with Gasteiger partial charge in [0.2, 0.25) is 11.8 Å². The van der Waals surface area contributed by atoms with Crippen molar-refractivity contribution in [3.8, 4) is 0 Å². The van der Waals surface area contributed by atoms with E-state index in [4.69, 9.17) is 0 Å². The van der Waals surface area contributed by atoms with E-state index in [-0.39, 0.29) is 11.8 Å². The van der Waals surface area contributed by atoms with Gasteiger partial charge in [0.25, 0.3) is 0 Å². The third-order valence-corrected chi connectivity index (χ3v) is 7.96. The van der Waals surface area contributed by atoms with Gasteiger partial charge in [0, 0.05) is 57.0 Å². The number of carbonyl (C=O) groups is 2. The molecule has 2 saturated heterocycles. The molecule has 0 unspecified atom stereocenters. The molecule has 0 aromatic heterocycles. The minimum atomic E-state index is 0.151. The summed E-state index contributed by atoms with van der Waals surface area (Å²) >= 11 is 0. The zero-order chi connectivity index (χ0) is 22.4. The molecule has 3 aliphatic rings. The van der Waals surface area contributed by atoms with Crippen LogP contribution in [0.4, 0.5) is 0 Å². The summed E-state index contributed by atoms with van der Waals surface area (Å²) in [5.74, 6) is 0.401. The number of benzene rings is 1. The smallest absolute Gasteiger partial charge is 0.222 e. The molecule has 0 bridgehead atoms. The first-order valence-corrected chi connectivity index (χ1v) is 12.9. The summed E-state index contributed by atoms with van der Waals surface area (Å²) in [5.41, 5.74) is 3.16. The molecule has 0 spiro atoms. The van der Waals surface area contributed by atoms with E-state index in [0.29, 0.717) is 24.3 Å². The van der Waals surface area contributed by atoms with Crippen molar-refractivity contribution in [1.29, 1.82) is 0 Å². The van der Waals surface area contributed by atoms with Crippen LogP contribution < -0.4 is 5.32 Å². The fourth-order valence-electron chi connectivity index (χ4n) is 6.01. The number of nitrogens with one attached hydrogen (secondary N) is 1. The molecule has 2 heterocycles. The number of hydrogen-bond donors (Lipinski definition) is 1. The minimum Gasteiger partial charge on any atom is -0.353 e. The van der Waals surface area contributed by atoms with E-state index in [1.807, 2.05) is 4.90 Å². The maximum absolute atomic E-state index is 12.4. The van der Waals surface area contributed by atoms with E-state index in [0.717, 1.165) is 58.4 Å². The van der Waals surface area contributed by atoms with Crippen LogP contribution in [0.15, 0.2) is 24.3 Å². The third-order valence-electron chi connectivity index (χ3n) is 7.96. The maximum atomic E-state index is 12.4. The zero-order valence-electron chi connectivity index (χ0n) is 19.9. The molecular formula is C27H41N3O2. The fraction of sp³-hybridized carbons (Fsp3) is 0.704. The predicted molar refractivity (Wildman–Crippen MR) is 129 cm³/mol. The van der Waals surface area contributed by atoms with Crippen molar-refractivity contribution >= 4 is 11.8 Å². The van der Waals surface area contributed by atoms with Gasteiger partial charge in [-0.15, -0.1) is 0 Å². The summed E-state index contributed by atoms with van der Waals surface area (Å²) in [6, 6.07) is 9.57. The minimum absolute atomic E-state index is 0.151. The number of piperidine rings is 1. The summed E-state index contributed by atoms with van der Waals surface area (Å²) in [5, 5.41) is 3.26. The third kappa shape index (κ3) is 5.92. The summed E-state index contributed by atoms with van der Waals surface area (Å²) in [6.45, 7) is 7.05. The van der Waals surface area contributed by atoms with Gasteiger partial charge in [0.15, 0.2) is 0 Å². The van der Waals surface area contributed by atoms with Crippen LogP contribution in [0.2, 0.25) is 0 Å². The normalized spacial score (nSPS) is 22.3. The summed E-state index contributed by atoms with van der Waals surface area (Å²) in [6.07, 6.45) is 11.7. The Balaban J connectivity index is 1.22. The number of carbonyl (C=O) groups excluding carboxylic acids is 2. The average molecular weight is 440 g/mol. The number of rotatable bonds is 8. The van der Waals surface area contributed by atoms with E-state index < -0.39 is 0 Å². The van der Waals surface area contributed by atoms with Gasteiger partial charge in [0.05, 0.1) is 0 Å². The molecule has 1 saturated carbocycles. The van der Waals surface area contributed by atoms with Crippen LogP contribution in [-0.2, 0) is 15.0 Å². The monoisotopic (exact) mass is 439 g/mol. The van der Waals surface area contributed by atoms with Crippen LogP contribution in [0.3, 0.4) is 0 Å². The van der Waals surface area contributed by atoms with Crippen LogP contribution in [0, 0.1) is 6.92 Å². The molecule has 2 aliphatic heterocycles. The van der Waals surface area contributed by atoms with Crippen LogP contribution in [0.25, 0.3) is 0 Å². The molecule has 5 heteroatoms. The molecule has 5 nitrogen and oxygen atoms in total. The number of likely N-dealkylation sites (tertiary alicyclic amines) is 2. The lowest BCUT2D eigenvalue weighted by Gasteiger charge is -2.44. The highest BCUT2D eigenvalue weighted by Gasteiger charge is 2.36. The molecule has 2 amide bonds. The Hall–Kier alpha value is -1.88. The van der Waals surface area contributed by atoms with Gasteiger partial charge in [-0.1, -0.05) is 49.1 Å². The largest absolute Gasteiger partial charge is 0.353 e. The second-order valence-corrected chi connectivity index (χ2v) is 10.4. The van der Waals surface area contributed by atoms with E-state index in [9.17, 15) is 9.59 Å². The first kappa shape index (κ1) is 23.3. The van der Waals surface area contributed by atoms with Gasteiger partial charge in [-0.05, 0) is 51.0 Å². The standard InChI is InChI=1S/C27H41N3O2/c1-22-9-11-23(12-10-22)27(15-3-2-4-16-27)21-29-19-13-24(14-20-29)28-25(31)7-5-17-30-18-6-8-26(30)32/h9-12,24H,2-8,13-21H2,1H3,(H,28,31). The molecular weight excluding hydrogens is 398 g/mol. The predicted octanol–water partition coefficient (Wildman–Crippen LogP) is 4.18. The Bertz CT molecular complexity index is 762. The Morgan fingerprint density at radius 2 is 1.75 bits per heavy atom. The maximum Gasteiger partial charge on any atom is 0.222 e. The highest BCUT2D eigenvalue weighted by atomic mass is 16.2. The Morgan fingerprint density at radius 3 is 2.41 bits per heavy atom. The average Bonchev–Trinajstić information content (AvgIpc) is 3.21. The topological polar surface area (TPSA) is 52.7 Å². The number of amides is 2. The summed E-state index contributed by atoms with van der Waals surface area (Å²) in [4.78, 5) is 28.6. The van der Waals surface area contributed by atoms with Crippen molar-refractivity contribution in [3.05, 3.63) is 35.4 Å². The first-order valence-electron chi connectivity index (χ1n) is 12.9. The van der Waals surface area contributed by atoms with E-state index in [2.05, 4.69) is 41.4 Å². The molecule has 3 fully saturated rings. The molecule has 1 aliphatic carbocycles. The molecule has 176 valence electrons. The van der Waals surface area contributed by atoms with Crippen molar-refractivity contribution in [1.82, 2.24) is 15.1 Å². The first-order chi connectivity index (χ1) is 15.5. The van der Waals surface area contributed by atoms with Crippen molar-refractivity contribution in [2.45, 2.75) is 89.0 Å². The Labute approximate surface area is 193 Å². The van der Waals surface area contributed by atoms with Gasteiger partial charge in [-0.25, -0.2) is 0 Å². The lowest BCUT2D eigenvalue weighted by molar-refractivity contribution is -0.128. The van der Waals surface area contributed by atoms with E-state index >= 15 is 0 Å². The number of aryl methyl sites for hydroxylation is 1. The Morgan fingerprint density at radius 1 is 1.03 bits per heavy atom. The molecule has 0 radical (unpaired) electrons. The van der Waals surface area contributed by atoms with Crippen LogP contribution in [0.1, 0.15) is 81.8 Å². The van der Waals surface area contributed by atoms with Gasteiger partial charge < -0.3 is 15.1 Å². The molecule has 4 rings (SSSR count). The Kier molecular flexibility index (Phi) is 7.88. The highest BCUT2D eigenvalue weighted by molar-refractivity contribution is 5.78. The van der Waals surface area contributed by atoms with Gasteiger partial charge in [0.1, 0.15) is 0 Å². The zero-order valence-corrected chi connectivity index (χ0v) is 19.9. The van der Waals surface area contributed by atoms with Gasteiger partial charge in [-0.2, -0.15) is 0 Å². The molecule has 0 atom stereocenters. The molecule has 32 heavy (non-hydrogen) atoms. The SMILES string of the molecule is Cc1ccc(C2(CN3CCC(NC(=O)CCCN4CCCC4=O)CC3)CCCCC2)cc1. The van der Waals surface area contributed by atoms with Crippen LogP contribution in [0.5, 0.6) is 0 Å². The lowest BCUT2D eigenvalue weighted by Crippen LogP contribution is -2.49.